The highest BCUT2D eigenvalue weighted by Gasteiger charge is 1.92. The zero-order valence-electron chi connectivity index (χ0n) is 6.96. The molecule has 0 aliphatic rings. The van der Waals surface area contributed by atoms with Gasteiger partial charge in [-0.05, 0) is 22.9 Å². The minimum absolute atomic E-state index is 1.04. The SMILES string of the molecule is CNc1[c]cc2ccccc2c1. The Morgan fingerprint density at radius 3 is 2.67 bits per heavy atom. The minimum Gasteiger partial charge on any atom is -0.388 e. The predicted octanol–water partition coefficient (Wildman–Crippen LogP) is 2.68. The van der Waals surface area contributed by atoms with E-state index in [4.69, 9.17) is 0 Å². The van der Waals surface area contributed by atoms with Crippen molar-refractivity contribution in [3.63, 3.8) is 0 Å². The van der Waals surface area contributed by atoms with Crippen LogP contribution in [0.2, 0.25) is 0 Å². The summed E-state index contributed by atoms with van der Waals surface area (Å²) in [7, 11) is 1.90. The summed E-state index contributed by atoms with van der Waals surface area (Å²) < 4.78 is 0. The van der Waals surface area contributed by atoms with Crippen LogP contribution in [0.4, 0.5) is 5.69 Å². The van der Waals surface area contributed by atoms with Crippen LogP contribution in [0, 0.1) is 6.07 Å². The normalized spacial score (nSPS) is 10.1. The van der Waals surface area contributed by atoms with Gasteiger partial charge in [0.05, 0.1) is 0 Å². The van der Waals surface area contributed by atoms with E-state index < -0.39 is 0 Å². The Bertz CT molecular complexity index is 393. The molecule has 0 aliphatic carbocycles. The van der Waals surface area contributed by atoms with Gasteiger partial charge in [0.25, 0.3) is 0 Å². The maximum Gasteiger partial charge on any atom is 0.0424 e. The van der Waals surface area contributed by atoms with Gasteiger partial charge in [-0.2, -0.15) is 0 Å². The molecule has 1 nitrogen and oxygen atoms in total. The van der Waals surface area contributed by atoms with Crippen LogP contribution in [0.1, 0.15) is 0 Å². The van der Waals surface area contributed by atoms with E-state index in [9.17, 15) is 0 Å². The average molecular weight is 156 g/mol. The number of hydrogen-bond acceptors (Lipinski definition) is 1. The van der Waals surface area contributed by atoms with Gasteiger partial charge in [0, 0.05) is 18.8 Å². The summed E-state index contributed by atoms with van der Waals surface area (Å²) in [4.78, 5) is 0. The number of nitrogens with one attached hydrogen (secondary N) is 1. The molecular formula is C11H10N. The fraction of sp³-hybridized carbons (Fsp3) is 0.0909. The predicted molar refractivity (Wildman–Crippen MR) is 52.3 cm³/mol. The van der Waals surface area contributed by atoms with Crippen LogP contribution in [0.25, 0.3) is 10.8 Å². The van der Waals surface area contributed by atoms with Crippen molar-refractivity contribution in [1.82, 2.24) is 0 Å². The molecule has 0 amide bonds. The molecule has 2 aromatic carbocycles. The van der Waals surface area contributed by atoms with Gasteiger partial charge in [0.15, 0.2) is 0 Å². The van der Waals surface area contributed by atoms with Crippen molar-refractivity contribution >= 4 is 16.5 Å². The van der Waals surface area contributed by atoms with Gasteiger partial charge in [-0.1, -0.05) is 24.3 Å². The van der Waals surface area contributed by atoms with E-state index in [2.05, 4.69) is 29.6 Å². The Balaban J connectivity index is 2.67. The smallest absolute Gasteiger partial charge is 0.0424 e. The molecule has 0 spiro atoms. The average Bonchev–Trinajstić information content (AvgIpc) is 2.17. The van der Waals surface area contributed by atoms with Crippen molar-refractivity contribution in [3.8, 4) is 0 Å². The molecule has 12 heavy (non-hydrogen) atoms. The number of rotatable bonds is 1. The van der Waals surface area contributed by atoms with Crippen LogP contribution >= 0.6 is 0 Å². The summed E-state index contributed by atoms with van der Waals surface area (Å²) in [5.74, 6) is 0. The van der Waals surface area contributed by atoms with Gasteiger partial charge < -0.3 is 5.32 Å². The number of fused-ring (bicyclic) bond motifs is 1. The Hall–Kier alpha value is -1.50. The molecule has 0 saturated carbocycles. The third-order valence-electron chi connectivity index (χ3n) is 1.95. The largest absolute Gasteiger partial charge is 0.388 e. The Labute approximate surface area is 72.0 Å². The van der Waals surface area contributed by atoms with Crippen LogP contribution in [-0.4, -0.2) is 7.05 Å². The summed E-state index contributed by atoms with van der Waals surface area (Å²) in [5, 5.41) is 5.55. The lowest BCUT2D eigenvalue weighted by Crippen LogP contribution is -1.86. The maximum atomic E-state index is 3.15. The lowest BCUT2D eigenvalue weighted by atomic mass is 10.1. The first-order valence-corrected chi connectivity index (χ1v) is 3.98. The molecule has 0 bridgehead atoms. The molecule has 0 aromatic heterocycles. The van der Waals surface area contributed by atoms with Gasteiger partial charge in [-0.25, -0.2) is 0 Å². The molecule has 0 saturated heterocycles. The van der Waals surface area contributed by atoms with Crippen LogP contribution in [0.15, 0.2) is 36.4 Å². The summed E-state index contributed by atoms with van der Waals surface area (Å²) in [5.41, 5.74) is 1.04. The van der Waals surface area contributed by atoms with Crippen molar-refractivity contribution in [2.75, 3.05) is 12.4 Å². The van der Waals surface area contributed by atoms with Crippen molar-refractivity contribution in [2.24, 2.45) is 0 Å². The van der Waals surface area contributed by atoms with E-state index >= 15 is 0 Å². The zero-order valence-corrected chi connectivity index (χ0v) is 6.96. The third-order valence-corrected chi connectivity index (χ3v) is 1.95. The standard InChI is InChI=1S/C11H10N/c1-12-11-7-6-9-4-2-3-5-10(9)8-11/h2-6,8,12H,1H3. The third kappa shape index (κ3) is 1.14. The summed E-state index contributed by atoms with van der Waals surface area (Å²) in [6.45, 7) is 0. The summed E-state index contributed by atoms with van der Waals surface area (Å²) in [6.07, 6.45) is 0. The number of hydrogen-bond donors (Lipinski definition) is 1. The van der Waals surface area contributed by atoms with Gasteiger partial charge in [0.2, 0.25) is 0 Å². The fourth-order valence-electron chi connectivity index (χ4n) is 1.27. The van der Waals surface area contributed by atoms with E-state index in [1.54, 1.807) is 0 Å². The van der Waals surface area contributed by atoms with Gasteiger partial charge in [-0.15, -0.1) is 0 Å². The van der Waals surface area contributed by atoms with Gasteiger partial charge >= 0.3 is 0 Å². The number of anilines is 1. The first-order chi connectivity index (χ1) is 5.90. The van der Waals surface area contributed by atoms with Crippen LogP contribution < -0.4 is 5.32 Å². The Morgan fingerprint density at radius 1 is 1.17 bits per heavy atom. The lowest BCUT2D eigenvalue weighted by Gasteiger charge is -2.00. The molecule has 59 valence electrons. The van der Waals surface area contributed by atoms with Crippen molar-refractivity contribution in [1.29, 1.82) is 0 Å². The topological polar surface area (TPSA) is 12.0 Å². The van der Waals surface area contributed by atoms with Gasteiger partial charge in [-0.3, -0.25) is 0 Å². The van der Waals surface area contributed by atoms with E-state index in [0.717, 1.165) is 5.69 Å². The van der Waals surface area contributed by atoms with E-state index in [-0.39, 0.29) is 0 Å². The van der Waals surface area contributed by atoms with Crippen molar-refractivity contribution in [2.45, 2.75) is 0 Å². The van der Waals surface area contributed by atoms with Crippen LogP contribution in [0.3, 0.4) is 0 Å². The molecule has 1 radical (unpaired) electrons. The Morgan fingerprint density at radius 2 is 1.92 bits per heavy atom. The number of benzene rings is 2. The highest BCUT2D eigenvalue weighted by molar-refractivity contribution is 5.85. The second-order valence-electron chi connectivity index (χ2n) is 2.73. The second kappa shape index (κ2) is 2.86. The highest BCUT2D eigenvalue weighted by Crippen LogP contribution is 2.17. The molecule has 2 aromatic rings. The minimum atomic E-state index is 1.04. The van der Waals surface area contributed by atoms with Crippen LogP contribution in [-0.2, 0) is 0 Å². The molecular weight excluding hydrogens is 146 g/mol. The molecule has 0 heterocycles. The van der Waals surface area contributed by atoms with Crippen molar-refractivity contribution < 1.29 is 0 Å². The maximum absolute atomic E-state index is 3.15. The lowest BCUT2D eigenvalue weighted by molar-refractivity contribution is 1.53. The highest BCUT2D eigenvalue weighted by atomic mass is 14.8. The first kappa shape index (κ1) is 7.17. The molecule has 1 heteroatoms. The summed E-state index contributed by atoms with van der Waals surface area (Å²) >= 11 is 0. The Kier molecular flexibility index (Phi) is 1.71. The molecule has 0 aliphatic heterocycles. The first-order valence-electron chi connectivity index (χ1n) is 3.98. The second-order valence-corrected chi connectivity index (χ2v) is 2.73. The quantitative estimate of drug-likeness (QED) is 0.669. The van der Waals surface area contributed by atoms with Crippen LogP contribution in [0.5, 0.6) is 0 Å². The zero-order chi connectivity index (χ0) is 8.39. The van der Waals surface area contributed by atoms with E-state index in [1.807, 2.05) is 25.2 Å². The van der Waals surface area contributed by atoms with Crippen molar-refractivity contribution in [3.05, 3.63) is 42.5 Å². The molecule has 0 atom stereocenters. The molecule has 1 N–H and O–H groups in total. The van der Waals surface area contributed by atoms with E-state index in [1.165, 1.54) is 10.8 Å². The molecule has 0 unspecified atom stereocenters. The monoisotopic (exact) mass is 156 g/mol. The van der Waals surface area contributed by atoms with Gasteiger partial charge in [0.1, 0.15) is 0 Å². The molecule has 2 rings (SSSR count). The van der Waals surface area contributed by atoms with E-state index in [0.29, 0.717) is 0 Å². The molecule has 0 fully saturated rings. The fourth-order valence-corrected chi connectivity index (χ4v) is 1.27. The summed E-state index contributed by atoms with van der Waals surface area (Å²) in [6, 6.07) is 15.5.